The first-order chi connectivity index (χ1) is 9.81. The highest BCUT2D eigenvalue weighted by atomic mass is 16.3. The molecule has 0 bridgehead atoms. The molecular formula is C18H17NO. The second kappa shape index (κ2) is 5.35. The third kappa shape index (κ3) is 2.15. The lowest BCUT2D eigenvalue weighted by atomic mass is 9.93. The van der Waals surface area contributed by atoms with E-state index in [0.717, 1.165) is 21.9 Å². The molecule has 2 heteroatoms. The topological polar surface area (TPSA) is 32.3 Å². The van der Waals surface area contributed by atoms with E-state index < -0.39 is 0 Å². The molecule has 1 unspecified atom stereocenters. The van der Waals surface area contributed by atoms with Crippen LogP contribution >= 0.6 is 0 Å². The minimum absolute atomic E-state index is 0.0256. The van der Waals surface area contributed by atoms with Gasteiger partial charge in [-0.1, -0.05) is 60.7 Å². The van der Waals surface area contributed by atoms with Crippen LogP contribution in [0, 0.1) is 0 Å². The lowest BCUT2D eigenvalue weighted by Gasteiger charge is -2.20. The Kier molecular flexibility index (Phi) is 3.40. The van der Waals surface area contributed by atoms with Crippen LogP contribution in [0.4, 0.5) is 0 Å². The van der Waals surface area contributed by atoms with Gasteiger partial charge in [-0.2, -0.15) is 0 Å². The summed E-state index contributed by atoms with van der Waals surface area (Å²) in [5.41, 5.74) is 2.07. The van der Waals surface area contributed by atoms with E-state index in [2.05, 4.69) is 29.6 Å². The lowest BCUT2D eigenvalue weighted by molar-refractivity contribution is 0.462. The molecule has 0 amide bonds. The lowest BCUT2D eigenvalue weighted by Crippen LogP contribution is -2.18. The van der Waals surface area contributed by atoms with Crippen molar-refractivity contribution in [3.05, 3.63) is 77.9 Å². The Morgan fingerprint density at radius 2 is 1.55 bits per heavy atom. The molecule has 0 aliphatic carbocycles. The second-order valence-electron chi connectivity index (χ2n) is 4.85. The van der Waals surface area contributed by atoms with Gasteiger partial charge in [0, 0.05) is 5.56 Å². The molecule has 100 valence electrons. The van der Waals surface area contributed by atoms with Gasteiger partial charge >= 0.3 is 0 Å². The Bertz CT molecular complexity index is 722. The molecule has 0 heterocycles. The zero-order chi connectivity index (χ0) is 13.9. The molecule has 0 saturated carbocycles. The summed E-state index contributed by atoms with van der Waals surface area (Å²) in [6.45, 7) is 0. The fourth-order valence-corrected chi connectivity index (χ4v) is 2.71. The van der Waals surface area contributed by atoms with Crippen LogP contribution in [-0.2, 0) is 0 Å². The number of hydrogen-bond acceptors (Lipinski definition) is 2. The van der Waals surface area contributed by atoms with Crippen LogP contribution in [0.15, 0.2) is 66.7 Å². The third-order valence-electron chi connectivity index (χ3n) is 3.66. The minimum Gasteiger partial charge on any atom is -0.508 e. The van der Waals surface area contributed by atoms with Crippen molar-refractivity contribution in [3.8, 4) is 5.75 Å². The smallest absolute Gasteiger partial charge is 0.121 e. The van der Waals surface area contributed by atoms with Gasteiger partial charge in [0.25, 0.3) is 0 Å². The van der Waals surface area contributed by atoms with Crippen molar-refractivity contribution in [3.63, 3.8) is 0 Å². The molecule has 2 N–H and O–H groups in total. The zero-order valence-electron chi connectivity index (χ0n) is 11.4. The van der Waals surface area contributed by atoms with Crippen molar-refractivity contribution in [2.24, 2.45) is 0 Å². The van der Waals surface area contributed by atoms with Crippen LogP contribution in [0.25, 0.3) is 10.8 Å². The highest BCUT2D eigenvalue weighted by Gasteiger charge is 2.18. The van der Waals surface area contributed by atoms with E-state index in [4.69, 9.17) is 0 Å². The van der Waals surface area contributed by atoms with Crippen LogP contribution in [0.5, 0.6) is 5.75 Å². The molecule has 3 aromatic rings. The highest BCUT2D eigenvalue weighted by Crippen LogP contribution is 2.35. The number of phenolic OH excluding ortho intramolecular Hbond substituents is 1. The van der Waals surface area contributed by atoms with Crippen molar-refractivity contribution < 1.29 is 5.11 Å². The van der Waals surface area contributed by atoms with Gasteiger partial charge in [-0.25, -0.2) is 0 Å². The molecule has 1 atom stereocenters. The predicted molar refractivity (Wildman–Crippen MR) is 83.0 cm³/mol. The highest BCUT2D eigenvalue weighted by molar-refractivity contribution is 5.88. The summed E-state index contributed by atoms with van der Waals surface area (Å²) in [5, 5.41) is 15.9. The van der Waals surface area contributed by atoms with E-state index in [1.807, 2.05) is 43.4 Å². The Labute approximate surface area is 118 Å². The van der Waals surface area contributed by atoms with Gasteiger partial charge in [-0.15, -0.1) is 0 Å². The van der Waals surface area contributed by atoms with Gasteiger partial charge in [0.1, 0.15) is 5.75 Å². The molecule has 0 aliphatic rings. The van der Waals surface area contributed by atoms with Crippen molar-refractivity contribution >= 4 is 10.8 Å². The predicted octanol–water partition coefficient (Wildman–Crippen LogP) is 3.85. The molecule has 0 spiro atoms. The summed E-state index contributed by atoms with van der Waals surface area (Å²) in [6, 6.07) is 22.0. The number of fused-ring (bicyclic) bond motifs is 1. The first-order valence-electron chi connectivity index (χ1n) is 6.74. The van der Waals surface area contributed by atoms with Gasteiger partial charge < -0.3 is 10.4 Å². The summed E-state index contributed by atoms with van der Waals surface area (Å²) in [7, 11) is 1.92. The number of hydrogen-bond donors (Lipinski definition) is 2. The molecule has 3 aromatic carbocycles. The van der Waals surface area contributed by atoms with Crippen LogP contribution in [0.3, 0.4) is 0 Å². The first kappa shape index (κ1) is 12.7. The van der Waals surface area contributed by atoms with Gasteiger partial charge in [-0.3, -0.25) is 0 Å². The normalized spacial score (nSPS) is 12.4. The minimum atomic E-state index is -0.0256. The van der Waals surface area contributed by atoms with Crippen molar-refractivity contribution in [1.29, 1.82) is 0 Å². The SMILES string of the molecule is CNC(c1ccccc1)c1c(O)ccc2ccccc12. The number of nitrogens with one attached hydrogen (secondary N) is 1. The summed E-state index contributed by atoms with van der Waals surface area (Å²) >= 11 is 0. The summed E-state index contributed by atoms with van der Waals surface area (Å²) in [6.07, 6.45) is 0. The molecule has 2 nitrogen and oxygen atoms in total. The monoisotopic (exact) mass is 263 g/mol. The Morgan fingerprint density at radius 1 is 0.850 bits per heavy atom. The van der Waals surface area contributed by atoms with Crippen LogP contribution in [0.2, 0.25) is 0 Å². The van der Waals surface area contributed by atoms with E-state index in [1.165, 1.54) is 0 Å². The first-order valence-corrected chi connectivity index (χ1v) is 6.74. The van der Waals surface area contributed by atoms with E-state index in [-0.39, 0.29) is 6.04 Å². The van der Waals surface area contributed by atoms with E-state index >= 15 is 0 Å². The van der Waals surface area contributed by atoms with Gasteiger partial charge in [0.15, 0.2) is 0 Å². The second-order valence-corrected chi connectivity index (χ2v) is 4.85. The average Bonchev–Trinajstić information content (AvgIpc) is 2.51. The number of phenols is 1. The van der Waals surface area contributed by atoms with Crippen LogP contribution in [-0.4, -0.2) is 12.2 Å². The third-order valence-corrected chi connectivity index (χ3v) is 3.66. The quantitative estimate of drug-likeness (QED) is 0.752. The largest absolute Gasteiger partial charge is 0.508 e. The van der Waals surface area contributed by atoms with Gasteiger partial charge in [0.2, 0.25) is 0 Å². The summed E-state index contributed by atoms with van der Waals surface area (Å²) in [5.74, 6) is 0.326. The molecule has 0 saturated heterocycles. The average molecular weight is 263 g/mol. The van der Waals surface area contributed by atoms with Gasteiger partial charge in [0.05, 0.1) is 6.04 Å². The Balaban J connectivity index is 2.24. The van der Waals surface area contributed by atoms with E-state index in [0.29, 0.717) is 5.75 Å². The molecule has 0 aliphatic heterocycles. The zero-order valence-corrected chi connectivity index (χ0v) is 11.4. The fraction of sp³-hybridized carbons (Fsp3) is 0.111. The Hall–Kier alpha value is -2.32. The van der Waals surface area contributed by atoms with Crippen molar-refractivity contribution in [1.82, 2.24) is 5.32 Å². The molecule has 20 heavy (non-hydrogen) atoms. The number of rotatable bonds is 3. The van der Waals surface area contributed by atoms with E-state index in [1.54, 1.807) is 6.07 Å². The van der Waals surface area contributed by atoms with Crippen LogP contribution in [0.1, 0.15) is 17.2 Å². The number of benzene rings is 3. The van der Waals surface area contributed by atoms with Crippen LogP contribution < -0.4 is 5.32 Å². The van der Waals surface area contributed by atoms with Crippen molar-refractivity contribution in [2.45, 2.75) is 6.04 Å². The summed E-state index contributed by atoms with van der Waals surface area (Å²) < 4.78 is 0. The fourth-order valence-electron chi connectivity index (χ4n) is 2.71. The molecule has 0 aromatic heterocycles. The molecule has 3 rings (SSSR count). The maximum Gasteiger partial charge on any atom is 0.121 e. The molecular weight excluding hydrogens is 246 g/mol. The van der Waals surface area contributed by atoms with Crippen molar-refractivity contribution in [2.75, 3.05) is 7.05 Å². The standard InChI is InChI=1S/C18H17NO/c1-19-18(14-8-3-2-4-9-14)17-15-10-6-5-7-13(15)11-12-16(17)20/h2-12,18-20H,1H3. The molecule has 0 radical (unpaired) electrons. The van der Waals surface area contributed by atoms with E-state index in [9.17, 15) is 5.11 Å². The molecule has 0 fully saturated rings. The Morgan fingerprint density at radius 3 is 2.30 bits per heavy atom. The maximum absolute atomic E-state index is 10.3. The number of aromatic hydroxyl groups is 1. The summed E-state index contributed by atoms with van der Waals surface area (Å²) in [4.78, 5) is 0. The van der Waals surface area contributed by atoms with Gasteiger partial charge in [-0.05, 0) is 29.4 Å². The maximum atomic E-state index is 10.3.